The van der Waals surface area contributed by atoms with Crippen molar-refractivity contribution >= 4 is 44.7 Å². The van der Waals surface area contributed by atoms with Gasteiger partial charge in [0.15, 0.2) is 5.76 Å². The van der Waals surface area contributed by atoms with Gasteiger partial charge in [0, 0.05) is 17.5 Å². The minimum atomic E-state index is -0.451. The van der Waals surface area contributed by atoms with Crippen LogP contribution in [0.1, 0.15) is 21.7 Å². The minimum Gasteiger partial charge on any atom is -0.488 e. The standard InChI is InChI=1S/C23H16BrN3O5/c24-19-11-15(8-9-21(19)31-14-16-4-3-6-18(10-16)27(29)30)13-25-26-23(28)22-12-17-5-1-2-7-20(17)32-22/h1-13H,14H2,(H,26,28)/b25-13+. The lowest BCUT2D eigenvalue weighted by Gasteiger charge is -2.09. The molecular formula is C23H16BrN3O5. The number of ether oxygens (including phenoxy) is 1. The lowest BCUT2D eigenvalue weighted by atomic mass is 10.2. The smallest absolute Gasteiger partial charge is 0.307 e. The van der Waals surface area contributed by atoms with Gasteiger partial charge in [0.05, 0.1) is 15.6 Å². The quantitative estimate of drug-likeness (QED) is 0.209. The fourth-order valence-electron chi connectivity index (χ4n) is 2.95. The summed E-state index contributed by atoms with van der Waals surface area (Å²) in [5.74, 6) is 0.294. The van der Waals surface area contributed by atoms with Crippen LogP contribution in [0.15, 0.2) is 86.8 Å². The van der Waals surface area contributed by atoms with Gasteiger partial charge in [-0.25, -0.2) is 5.43 Å². The number of nitrogens with one attached hydrogen (secondary N) is 1. The Labute approximate surface area is 190 Å². The molecule has 0 bridgehead atoms. The Morgan fingerprint density at radius 2 is 1.97 bits per heavy atom. The number of hydrogen-bond acceptors (Lipinski definition) is 6. The molecule has 0 radical (unpaired) electrons. The van der Waals surface area contributed by atoms with E-state index in [1.807, 2.05) is 18.2 Å². The Morgan fingerprint density at radius 3 is 2.75 bits per heavy atom. The number of benzene rings is 3. The highest BCUT2D eigenvalue weighted by Gasteiger charge is 2.11. The van der Waals surface area contributed by atoms with E-state index in [1.54, 1.807) is 42.5 Å². The molecule has 4 rings (SSSR count). The number of fused-ring (bicyclic) bond motifs is 1. The maximum absolute atomic E-state index is 12.2. The number of rotatable bonds is 7. The number of hydrazone groups is 1. The molecule has 0 atom stereocenters. The van der Waals surface area contributed by atoms with E-state index < -0.39 is 10.8 Å². The number of hydrogen-bond donors (Lipinski definition) is 1. The zero-order valence-corrected chi connectivity index (χ0v) is 18.1. The van der Waals surface area contributed by atoms with Crippen molar-refractivity contribution in [3.63, 3.8) is 0 Å². The van der Waals surface area contributed by atoms with E-state index in [2.05, 4.69) is 26.5 Å². The van der Waals surface area contributed by atoms with Crippen molar-refractivity contribution in [2.45, 2.75) is 6.61 Å². The molecule has 1 amide bonds. The van der Waals surface area contributed by atoms with Crippen LogP contribution in [0.5, 0.6) is 5.75 Å². The number of para-hydroxylation sites is 1. The molecule has 9 heteroatoms. The number of furan rings is 1. The number of nitro groups is 1. The van der Waals surface area contributed by atoms with Crippen molar-refractivity contribution in [3.05, 3.63) is 104 Å². The third-order valence-electron chi connectivity index (χ3n) is 4.50. The fourth-order valence-corrected chi connectivity index (χ4v) is 3.46. The van der Waals surface area contributed by atoms with Gasteiger partial charge < -0.3 is 9.15 Å². The first-order chi connectivity index (χ1) is 15.5. The van der Waals surface area contributed by atoms with Crippen LogP contribution in [0.3, 0.4) is 0 Å². The summed E-state index contributed by atoms with van der Waals surface area (Å²) in [7, 11) is 0. The van der Waals surface area contributed by atoms with Gasteiger partial charge in [-0.1, -0.05) is 30.3 Å². The van der Waals surface area contributed by atoms with Crippen molar-refractivity contribution in [2.24, 2.45) is 5.10 Å². The number of carbonyl (C=O) groups excluding carboxylic acids is 1. The van der Waals surface area contributed by atoms with Crippen LogP contribution in [0.4, 0.5) is 5.69 Å². The molecule has 160 valence electrons. The summed E-state index contributed by atoms with van der Waals surface area (Å²) in [6.45, 7) is 0.182. The highest BCUT2D eigenvalue weighted by atomic mass is 79.9. The first-order valence-corrected chi connectivity index (χ1v) is 10.3. The van der Waals surface area contributed by atoms with E-state index in [4.69, 9.17) is 9.15 Å². The molecule has 3 aromatic carbocycles. The third-order valence-corrected chi connectivity index (χ3v) is 5.12. The van der Waals surface area contributed by atoms with Crippen LogP contribution in [-0.2, 0) is 6.61 Å². The number of nitrogens with zero attached hydrogens (tertiary/aromatic N) is 2. The predicted octanol–water partition coefficient (Wildman–Crippen LogP) is 5.45. The molecule has 1 heterocycles. The highest BCUT2D eigenvalue weighted by molar-refractivity contribution is 9.10. The van der Waals surface area contributed by atoms with E-state index in [9.17, 15) is 14.9 Å². The maximum atomic E-state index is 12.2. The van der Waals surface area contributed by atoms with Gasteiger partial charge in [-0.15, -0.1) is 0 Å². The zero-order valence-electron chi connectivity index (χ0n) is 16.5. The SMILES string of the molecule is O=C(N/N=C/c1ccc(OCc2cccc([N+](=O)[O-])c2)c(Br)c1)c1cc2ccccc2o1. The summed E-state index contributed by atoms with van der Waals surface area (Å²) in [5.41, 5.74) is 4.50. The van der Waals surface area contributed by atoms with Crippen LogP contribution in [0.2, 0.25) is 0 Å². The molecule has 0 saturated carbocycles. The summed E-state index contributed by atoms with van der Waals surface area (Å²) < 4.78 is 11.9. The number of non-ortho nitro benzene ring substituents is 1. The molecule has 0 fully saturated rings. The normalized spacial score (nSPS) is 11.0. The Morgan fingerprint density at radius 1 is 1.12 bits per heavy atom. The molecule has 0 aliphatic heterocycles. The summed E-state index contributed by atoms with van der Waals surface area (Å²) in [6.07, 6.45) is 1.50. The Bertz CT molecular complexity index is 1300. The van der Waals surface area contributed by atoms with E-state index in [1.165, 1.54) is 18.3 Å². The van der Waals surface area contributed by atoms with Gasteiger partial charge in [0.1, 0.15) is 17.9 Å². The van der Waals surface area contributed by atoms with Gasteiger partial charge in [-0.2, -0.15) is 5.10 Å². The van der Waals surface area contributed by atoms with Gasteiger partial charge >= 0.3 is 5.91 Å². The van der Waals surface area contributed by atoms with Crippen LogP contribution >= 0.6 is 15.9 Å². The molecule has 0 unspecified atom stereocenters. The molecule has 4 aromatic rings. The lowest BCUT2D eigenvalue weighted by molar-refractivity contribution is -0.384. The molecule has 1 aromatic heterocycles. The summed E-state index contributed by atoms with van der Waals surface area (Å²) >= 11 is 3.44. The topological polar surface area (TPSA) is 107 Å². The van der Waals surface area contributed by atoms with Crippen LogP contribution in [-0.4, -0.2) is 17.0 Å². The van der Waals surface area contributed by atoms with Gasteiger partial charge in [-0.05, 0) is 57.4 Å². The highest BCUT2D eigenvalue weighted by Crippen LogP contribution is 2.27. The molecule has 0 aliphatic rings. The summed E-state index contributed by atoms with van der Waals surface area (Å²) in [6, 6.07) is 20.6. The first-order valence-electron chi connectivity index (χ1n) is 9.47. The Balaban J connectivity index is 1.36. The second-order valence-electron chi connectivity index (χ2n) is 6.75. The number of amides is 1. The van der Waals surface area contributed by atoms with Crippen molar-refractivity contribution in [3.8, 4) is 5.75 Å². The van der Waals surface area contributed by atoms with Crippen molar-refractivity contribution in [1.29, 1.82) is 0 Å². The average Bonchev–Trinajstić information content (AvgIpc) is 3.23. The van der Waals surface area contributed by atoms with Gasteiger partial charge in [0.2, 0.25) is 0 Å². The molecule has 0 aliphatic carbocycles. The van der Waals surface area contributed by atoms with Crippen LogP contribution in [0.25, 0.3) is 11.0 Å². The number of carbonyl (C=O) groups is 1. The van der Waals surface area contributed by atoms with Crippen molar-refractivity contribution in [2.75, 3.05) is 0 Å². The van der Waals surface area contributed by atoms with Gasteiger partial charge in [0.25, 0.3) is 5.69 Å². The minimum absolute atomic E-state index is 0.0152. The monoisotopic (exact) mass is 493 g/mol. The van der Waals surface area contributed by atoms with Crippen LogP contribution in [0, 0.1) is 10.1 Å². The van der Waals surface area contributed by atoms with Crippen molar-refractivity contribution < 1.29 is 18.9 Å². The zero-order chi connectivity index (χ0) is 22.5. The average molecular weight is 494 g/mol. The molecule has 8 nitrogen and oxygen atoms in total. The van der Waals surface area contributed by atoms with E-state index >= 15 is 0 Å². The first kappa shape index (κ1) is 21.3. The number of halogens is 1. The maximum Gasteiger partial charge on any atom is 0.307 e. The summed E-state index contributed by atoms with van der Waals surface area (Å²) in [5, 5.41) is 15.7. The largest absolute Gasteiger partial charge is 0.488 e. The molecular weight excluding hydrogens is 478 g/mol. The predicted molar refractivity (Wildman–Crippen MR) is 123 cm³/mol. The molecule has 0 saturated heterocycles. The van der Waals surface area contributed by atoms with Crippen LogP contribution < -0.4 is 10.2 Å². The Kier molecular flexibility index (Phi) is 6.27. The van der Waals surface area contributed by atoms with Crippen molar-refractivity contribution in [1.82, 2.24) is 5.43 Å². The fraction of sp³-hybridized carbons (Fsp3) is 0.0435. The summed E-state index contributed by atoms with van der Waals surface area (Å²) in [4.78, 5) is 22.7. The Hall–Kier alpha value is -3.98. The van der Waals surface area contributed by atoms with E-state index in [0.29, 0.717) is 21.4 Å². The second-order valence-corrected chi connectivity index (χ2v) is 7.61. The van der Waals surface area contributed by atoms with Gasteiger partial charge in [-0.3, -0.25) is 14.9 Å². The lowest BCUT2D eigenvalue weighted by Crippen LogP contribution is -2.16. The molecule has 32 heavy (non-hydrogen) atoms. The van der Waals surface area contributed by atoms with E-state index in [0.717, 1.165) is 10.9 Å². The molecule has 1 N–H and O–H groups in total. The second kappa shape index (κ2) is 9.44. The number of nitro benzene ring substituents is 1. The molecule has 0 spiro atoms. The van der Waals surface area contributed by atoms with E-state index in [-0.39, 0.29) is 18.1 Å². The third kappa shape index (κ3) is 5.01.